The third kappa shape index (κ3) is 3.32. The average molecular weight is 454 g/mol. The second kappa shape index (κ2) is 8.04. The van der Waals surface area contributed by atoms with Crippen molar-refractivity contribution in [2.45, 2.75) is 12.5 Å². The Bertz CT molecular complexity index is 1090. The first kappa shape index (κ1) is 21.4. The van der Waals surface area contributed by atoms with Crippen LogP contribution in [-0.4, -0.2) is 42.0 Å². The van der Waals surface area contributed by atoms with Gasteiger partial charge in [-0.05, 0) is 23.3 Å². The van der Waals surface area contributed by atoms with E-state index in [1.807, 2.05) is 35.2 Å². The van der Waals surface area contributed by atoms with E-state index < -0.39 is 28.6 Å². The number of carbonyl (C=O) groups excluding carboxylic acids is 2. The summed E-state index contributed by atoms with van der Waals surface area (Å²) in [6.45, 7) is 0.829. The van der Waals surface area contributed by atoms with Crippen LogP contribution in [0.2, 0.25) is 5.02 Å². The molecule has 1 amide bonds. The monoisotopic (exact) mass is 453 g/mol. The van der Waals surface area contributed by atoms with E-state index in [4.69, 9.17) is 28.6 Å². The second-order valence-electron chi connectivity index (χ2n) is 7.94. The highest BCUT2D eigenvalue weighted by Crippen LogP contribution is 2.56. The van der Waals surface area contributed by atoms with Crippen LogP contribution in [-0.2, 0) is 20.9 Å². The van der Waals surface area contributed by atoms with Crippen LogP contribution in [0.1, 0.15) is 17.0 Å². The molecule has 2 heterocycles. The Hall–Kier alpha value is -2.79. The fourth-order valence-corrected chi connectivity index (χ4v) is 5.33. The molecule has 158 valence electrons. The second-order valence-corrected chi connectivity index (χ2v) is 8.79. The van der Waals surface area contributed by atoms with Gasteiger partial charge in [0.2, 0.25) is 5.91 Å². The number of nitrogens with one attached hydrogen (secondary N) is 1. The van der Waals surface area contributed by atoms with Gasteiger partial charge in [0.1, 0.15) is 10.4 Å². The van der Waals surface area contributed by atoms with E-state index in [2.05, 4.69) is 11.4 Å². The number of rotatable bonds is 4. The minimum Gasteiger partial charge on any atom is -0.468 e. The van der Waals surface area contributed by atoms with E-state index in [9.17, 15) is 14.9 Å². The maximum absolute atomic E-state index is 13.4. The van der Waals surface area contributed by atoms with Gasteiger partial charge >= 0.3 is 5.97 Å². The lowest BCUT2D eigenvalue weighted by atomic mass is 9.54. The van der Waals surface area contributed by atoms with Gasteiger partial charge in [-0.2, -0.15) is 5.26 Å². The number of piperidine rings is 2. The van der Waals surface area contributed by atoms with Crippen LogP contribution >= 0.6 is 23.8 Å². The van der Waals surface area contributed by atoms with Crippen LogP contribution in [0.25, 0.3) is 0 Å². The van der Waals surface area contributed by atoms with Gasteiger partial charge < -0.3 is 10.1 Å². The Morgan fingerprint density at radius 3 is 2.55 bits per heavy atom. The highest BCUT2D eigenvalue weighted by atomic mass is 35.5. The Morgan fingerprint density at radius 2 is 1.94 bits per heavy atom. The van der Waals surface area contributed by atoms with Crippen molar-refractivity contribution in [3.8, 4) is 6.07 Å². The summed E-state index contributed by atoms with van der Waals surface area (Å²) < 4.78 is 5.13. The van der Waals surface area contributed by atoms with Crippen molar-refractivity contribution in [3.05, 3.63) is 70.7 Å². The number of halogens is 1. The number of hydrogen-bond acceptors (Lipinski definition) is 6. The van der Waals surface area contributed by atoms with Crippen LogP contribution in [0.3, 0.4) is 0 Å². The van der Waals surface area contributed by atoms with E-state index in [1.165, 1.54) is 7.11 Å². The molecule has 2 aromatic rings. The maximum Gasteiger partial charge on any atom is 0.323 e. The van der Waals surface area contributed by atoms with Crippen molar-refractivity contribution in [3.63, 3.8) is 0 Å². The standard InChI is InChI=1S/C23H20ClN3O3S/c1-30-21(29)23-14-27(11-15-5-3-2-4-6-15)13-22(12-25,20(31)26-19(23)28)18(23)16-7-9-17(24)10-8-16/h2-10,18H,11,13-14H2,1H3,(H,26,28,31). The lowest BCUT2D eigenvalue weighted by Gasteiger charge is -2.56. The van der Waals surface area contributed by atoms with Crippen molar-refractivity contribution in [2.24, 2.45) is 10.8 Å². The molecule has 2 fully saturated rings. The molecule has 2 aromatic carbocycles. The number of likely N-dealkylation sites (tertiary alicyclic amines) is 1. The molecule has 2 saturated heterocycles. The van der Waals surface area contributed by atoms with Gasteiger partial charge in [-0.15, -0.1) is 0 Å². The highest BCUT2D eigenvalue weighted by Gasteiger charge is 2.69. The number of thiocarbonyl (C=S) groups is 1. The summed E-state index contributed by atoms with van der Waals surface area (Å²) in [6.07, 6.45) is 0. The Balaban J connectivity index is 1.90. The Kier molecular flexibility index (Phi) is 5.56. The first-order valence-electron chi connectivity index (χ1n) is 9.74. The van der Waals surface area contributed by atoms with Crippen LogP contribution in [0, 0.1) is 22.2 Å². The normalized spacial score (nSPS) is 27.8. The van der Waals surface area contributed by atoms with Crippen LogP contribution < -0.4 is 5.32 Å². The molecule has 0 aromatic heterocycles. The molecular formula is C23H20ClN3O3S. The average Bonchev–Trinajstić information content (AvgIpc) is 2.78. The van der Waals surface area contributed by atoms with Gasteiger partial charge in [-0.3, -0.25) is 14.5 Å². The minimum absolute atomic E-state index is 0.0970. The summed E-state index contributed by atoms with van der Waals surface area (Å²) in [5, 5.41) is 13.6. The molecule has 3 atom stereocenters. The molecule has 0 radical (unpaired) electrons. The largest absolute Gasteiger partial charge is 0.468 e. The van der Waals surface area contributed by atoms with E-state index >= 15 is 0 Å². The van der Waals surface area contributed by atoms with Crippen molar-refractivity contribution >= 4 is 40.7 Å². The number of fused-ring (bicyclic) bond motifs is 2. The molecule has 2 aliphatic rings. The number of carbonyl (C=O) groups is 2. The first-order chi connectivity index (χ1) is 14.9. The summed E-state index contributed by atoms with van der Waals surface area (Å²) in [6, 6.07) is 18.9. The van der Waals surface area contributed by atoms with Gasteiger partial charge in [0, 0.05) is 30.6 Å². The van der Waals surface area contributed by atoms with E-state index in [1.54, 1.807) is 24.3 Å². The molecule has 2 bridgehead atoms. The molecule has 0 aliphatic carbocycles. The SMILES string of the molecule is COC(=O)C12CN(Cc3ccccc3)CC(C#N)(C(=S)NC1=O)C2c1ccc(Cl)cc1. The lowest BCUT2D eigenvalue weighted by molar-refractivity contribution is -0.169. The molecule has 4 rings (SSSR count). The Labute approximate surface area is 190 Å². The molecule has 0 spiro atoms. The smallest absolute Gasteiger partial charge is 0.323 e. The zero-order valence-electron chi connectivity index (χ0n) is 16.8. The number of nitrogens with zero attached hydrogens (tertiary/aromatic N) is 2. The third-order valence-electron chi connectivity index (χ3n) is 6.17. The van der Waals surface area contributed by atoms with Gasteiger partial charge in [0.15, 0.2) is 5.41 Å². The predicted octanol–water partition coefficient (Wildman–Crippen LogP) is 3.07. The van der Waals surface area contributed by atoms with Crippen molar-refractivity contribution < 1.29 is 14.3 Å². The zero-order valence-corrected chi connectivity index (χ0v) is 18.4. The summed E-state index contributed by atoms with van der Waals surface area (Å²) in [4.78, 5) is 28.7. The molecule has 1 N–H and O–H groups in total. The molecule has 2 aliphatic heterocycles. The number of esters is 1. The van der Waals surface area contributed by atoms with Gasteiger partial charge in [-0.25, -0.2) is 0 Å². The molecule has 3 unspecified atom stereocenters. The third-order valence-corrected chi connectivity index (χ3v) is 6.89. The predicted molar refractivity (Wildman–Crippen MR) is 119 cm³/mol. The topological polar surface area (TPSA) is 82.4 Å². The fourth-order valence-electron chi connectivity index (χ4n) is 4.88. The number of ether oxygens (including phenoxy) is 1. The fraction of sp³-hybridized carbons (Fsp3) is 0.304. The van der Waals surface area contributed by atoms with Crippen molar-refractivity contribution in [2.75, 3.05) is 20.2 Å². The Morgan fingerprint density at radius 1 is 1.26 bits per heavy atom. The number of benzene rings is 2. The van der Waals surface area contributed by atoms with Gasteiger partial charge in [0.05, 0.1) is 13.2 Å². The van der Waals surface area contributed by atoms with Crippen LogP contribution in [0.4, 0.5) is 0 Å². The summed E-state index contributed by atoms with van der Waals surface area (Å²) >= 11 is 11.6. The number of amides is 1. The quantitative estimate of drug-likeness (QED) is 0.435. The molecule has 31 heavy (non-hydrogen) atoms. The number of nitriles is 1. The molecule has 0 saturated carbocycles. The van der Waals surface area contributed by atoms with Crippen molar-refractivity contribution in [1.82, 2.24) is 10.2 Å². The molecule has 6 nitrogen and oxygen atoms in total. The van der Waals surface area contributed by atoms with Gasteiger partial charge in [-0.1, -0.05) is 66.3 Å². The maximum atomic E-state index is 13.4. The summed E-state index contributed by atoms with van der Waals surface area (Å²) in [7, 11) is 1.25. The van der Waals surface area contributed by atoms with Gasteiger partial charge in [0.25, 0.3) is 0 Å². The molecule has 8 heteroatoms. The van der Waals surface area contributed by atoms with Crippen LogP contribution in [0.5, 0.6) is 0 Å². The molecular weight excluding hydrogens is 434 g/mol. The van der Waals surface area contributed by atoms with E-state index in [0.717, 1.165) is 5.56 Å². The summed E-state index contributed by atoms with van der Waals surface area (Å²) in [5.74, 6) is -2.04. The van der Waals surface area contributed by atoms with E-state index in [-0.39, 0.29) is 18.1 Å². The zero-order chi connectivity index (χ0) is 22.2. The summed E-state index contributed by atoms with van der Waals surface area (Å²) in [5.41, 5.74) is -1.27. The number of methoxy groups -OCH3 is 1. The highest BCUT2D eigenvalue weighted by molar-refractivity contribution is 7.80. The first-order valence-corrected chi connectivity index (χ1v) is 10.5. The lowest BCUT2D eigenvalue weighted by Crippen LogP contribution is -2.73. The van der Waals surface area contributed by atoms with Crippen molar-refractivity contribution in [1.29, 1.82) is 5.26 Å². The van der Waals surface area contributed by atoms with E-state index in [0.29, 0.717) is 17.1 Å². The van der Waals surface area contributed by atoms with Crippen LogP contribution in [0.15, 0.2) is 54.6 Å². The number of hydrogen-bond donors (Lipinski definition) is 1. The minimum atomic E-state index is -1.63.